The highest BCUT2D eigenvalue weighted by atomic mass is 19.1. The number of nitrogens with zero attached hydrogens (tertiary/aromatic N) is 3. The largest absolute Gasteiger partial charge is 0.465 e. The number of urea groups is 1. The molecule has 0 saturated carbocycles. The van der Waals surface area contributed by atoms with Crippen LogP contribution in [0.2, 0.25) is 0 Å². The van der Waals surface area contributed by atoms with Gasteiger partial charge in [0.1, 0.15) is 11.5 Å². The van der Waals surface area contributed by atoms with Gasteiger partial charge < -0.3 is 20.6 Å². The summed E-state index contributed by atoms with van der Waals surface area (Å²) in [5, 5.41) is 13.7. The lowest BCUT2D eigenvalue weighted by molar-refractivity contribution is 0.102. The lowest BCUT2D eigenvalue weighted by Crippen LogP contribution is -2.47. The smallest absolute Gasteiger partial charge is 0.407 e. The molecule has 2 aromatic rings. The number of carboxylic acid groups (broad SMARTS) is 1. The summed E-state index contributed by atoms with van der Waals surface area (Å²) in [5.41, 5.74) is 0.832. The van der Waals surface area contributed by atoms with Crippen molar-refractivity contribution in [2.45, 2.75) is 13.5 Å². The van der Waals surface area contributed by atoms with Crippen LogP contribution in [0.5, 0.6) is 0 Å². The number of amides is 3. The monoisotopic (exact) mass is 405 g/mol. The first-order valence-corrected chi connectivity index (χ1v) is 9.01. The molecule has 3 amide bonds. The molecule has 3 rings (SSSR count). The summed E-state index contributed by atoms with van der Waals surface area (Å²) in [6, 6.07) is 4.94. The van der Waals surface area contributed by atoms with Crippen molar-refractivity contribution in [2.75, 3.05) is 36.8 Å². The second kappa shape index (κ2) is 8.82. The maximum atomic E-state index is 14.8. The average Bonchev–Trinajstić information content (AvgIpc) is 2.69. The number of benzene rings is 1. The molecule has 8 nitrogen and oxygen atoms in total. The van der Waals surface area contributed by atoms with Gasteiger partial charge in [0, 0.05) is 44.0 Å². The van der Waals surface area contributed by atoms with Crippen molar-refractivity contribution >= 4 is 23.5 Å². The van der Waals surface area contributed by atoms with Crippen LogP contribution in [0.4, 0.5) is 29.7 Å². The van der Waals surface area contributed by atoms with Crippen LogP contribution in [-0.2, 0) is 6.54 Å². The number of pyridine rings is 1. The predicted molar refractivity (Wildman–Crippen MR) is 103 cm³/mol. The Kier molecular flexibility index (Phi) is 6.23. The SMILES string of the molecule is Cc1ccc(NC(=O)Nc2c(F)ccc(CN3CCN(C(=O)O)CC3)c2F)cn1. The number of piperazine rings is 1. The van der Waals surface area contributed by atoms with Gasteiger partial charge in [0.25, 0.3) is 0 Å². The first kappa shape index (κ1) is 20.5. The average molecular weight is 405 g/mol. The fraction of sp³-hybridized carbons (Fsp3) is 0.316. The van der Waals surface area contributed by atoms with Crippen LogP contribution in [0, 0.1) is 18.6 Å². The van der Waals surface area contributed by atoms with Gasteiger partial charge in [-0.05, 0) is 25.1 Å². The molecule has 154 valence electrons. The van der Waals surface area contributed by atoms with E-state index in [1.807, 2.05) is 4.90 Å². The lowest BCUT2D eigenvalue weighted by Gasteiger charge is -2.33. The van der Waals surface area contributed by atoms with Crippen LogP contribution < -0.4 is 10.6 Å². The second-order valence-corrected chi connectivity index (χ2v) is 6.71. The van der Waals surface area contributed by atoms with Gasteiger partial charge in [0.2, 0.25) is 0 Å². The molecule has 1 aliphatic heterocycles. The van der Waals surface area contributed by atoms with E-state index in [1.165, 1.54) is 17.2 Å². The predicted octanol–water partition coefficient (Wildman–Crippen LogP) is 3.11. The van der Waals surface area contributed by atoms with Crippen LogP contribution in [0.1, 0.15) is 11.3 Å². The van der Waals surface area contributed by atoms with Gasteiger partial charge in [0.05, 0.1) is 11.9 Å². The topological polar surface area (TPSA) is 97.8 Å². The standard InChI is InChI=1S/C19H21F2N5O3/c1-12-2-4-14(10-22-12)23-18(27)24-17-15(20)5-3-13(16(17)21)11-25-6-8-26(9-7-25)19(28)29/h2-5,10H,6-9,11H2,1H3,(H,28,29)(H2,23,24,27). The van der Waals surface area contributed by atoms with E-state index in [9.17, 15) is 18.4 Å². The number of carbonyl (C=O) groups is 2. The van der Waals surface area contributed by atoms with Crippen molar-refractivity contribution in [1.29, 1.82) is 0 Å². The summed E-state index contributed by atoms with van der Waals surface area (Å²) in [6.45, 7) is 3.48. The summed E-state index contributed by atoms with van der Waals surface area (Å²) in [4.78, 5) is 30.3. The van der Waals surface area contributed by atoms with E-state index in [0.29, 0.717) is 31.9 Å². The van der Waals surface area contributed by atoms with Crippen molar-refractivity contribution in [2.24, 2.45) is 0 Å². The van der Waals surface area contributed by atoms with Crippen molar-refractivity contribution in [3.8, 4) is 0 Å². The fourth-order valence-electron chi connectivity index (χ4n) is 2.99. The Balaban J connectivity index is 1.66. The third-order valence-corrected chi connectivity index (χ3v) is 4.62. The Hall–Kier alpha value is -3.27. The number of hydrogen-bond acceptors (Lipinski definition) is 4. The molecule has 2 heterocycles. The van der Waals surface area contributed by atoms with Gasteiger partial charge in [-0.25, -0.2) is 18.4 Å². The molecule has 0 unspecified atom stereocenters. The normalized spacial score (nSPS) is 14.5. The highest BCUT2D eigenvalue weighted by Crippen LogP contribution is 2.24. The Bertz CT molecular complexity index is 899. The maximum Gasteiger partial charge on any atom is 0.407 e. The lowest BCUT2D eigenvalue weighted by atomic mass is 10.1. The van der Waals surface area contributed by atoms with E-state index in [0.717, 1.165) is 11.8 Å². The minimum Gasteiger partial charge on any atom is -0.465 e. The van der Waals surface area contributed by atoms with Crippen LogP contribution in [0.25, 0.3) is 0 Å². The number of hydrogen-bond donors (Lipinski definition) is 3. The van der Waals surface area contributed by atoms with Crippen LogP contribution >= 0.6 is 0 Å². The molecule has 0 radical (unpaired) electrons. The summed E-state index contributed by atoms with van der Waals surface area (Å²) in [7, 11) is 0. The van der Waals surface area contributed by atoms with Crippen molar-refractivity contribution in [1.82, 2.24) is 14.8 Å². The fourth-order valence-corrected chi connectivity index (χ4v) is 2.99. The first-order valence-electron chi connectivity index (χ1n) is 9.01. The van der Waals surface area contributed by atoms with E-state index in [1.54, 1.807) is 19.1 Å². The quantitative estimate of drug-likeness (QED) is 0.726. The molecule has 0 atom stereocenters. The third-order valence-electron chi connectivity index (χ3n) is 4.62. The minimum atomic E-state index is -0.987. The van der Waals surface area contributed by atoms with E-state index < -0.39 is 29.4 Å². The first-order chi connectivity index (χ1) is 13.8. The molecule has 3 N–H and O–H groups in total. The van der Waals surface area contributed by atoms with Crippen molar-refractivity contribution in [3.63, 3.8) is 0 Å². The molecular formula is C19H21F2N5O3. The molecular weight excluding hydrogens is 384 g/mol. The summed E-state index contributed by atoms with van der Waals surface area (Å²) >= 11 is 0. The number of anilines is 2. The van der Waals surface area contributed by atoms with Gasteiger partial charge in [-0.2, -0.15) is 0 Å². The van der Waals surface area contributed by atoms with Crippen molar-refractivity contribution in [3.05, 3.63) is 53.4 Å². The molecule has 1 fully saturated rings. The number of rotatable bonds is 4. The highest BCUT2D eigenvalue weighted by molar-refractivity contribution is 5.99. The van der Waals surface area contributed by atoms with Gasteiger partial charge in [-0.15, -0.1) is 0 Å². The number of carbonyl (C=O) groups excluding carboxylic acids is 1. The summed E-state index contributed by atoms with van der Waals surface area (Å²) in [5.74, 6) is -1.75. The van der Waals surface area contributed by atoms with Gasteiger partial charge >= 0.3 is 12.1 Å². The molecule has 10 heteroatoms. The number of aryl methyl sites for hydroxylation is 1. The molecule has 0 aliphatic carbocycles. The van der Waals surface area contributed by atoms with E-state index in [4.69, 9.17) is 5.11 Å². The number of nitrogens with one attached hydrogen (secondary N) is 2. The molecule has 1 saturated heterocycles. The van der Waals surface area contributed by atoms with Crippen LogP contribution in [-0.4, -0.2) is 58.2 Å². The van der Waals surface area contributed by atoms with Gasteiger partial charge in [-0.3, -0.25) is 9.88 Å². The van der Waals surface area contributed by atoms with Gasteiger partial charge in [0.15, 0.2) is 5.82 Å². The van der Waals surface area contributed by atoms with Crippen LogP contribution in [0.15, 0.2) is 30.5 Å². The molecule has 0 bridgehead atoms. The Morgan fingerprint density at radius 1 is 1.10 bits per heavy atom. The molecule has 0 spiro atoms. The highest BCUT2D eigenvalue weighted by Gasteiger charge is 2.23. The second-order valence-electron chi connectivity index (χ2n) is 6.71. The Morgan fingerprint density at radius 3 is 2.45 bits per heavy atom. The molecule has 1 aromatic carbocycles. The number of halogens is 2. The number of aromatic nitrogens is 1. The Labute approximate surface area is 166 Å². The van der Waals surface area contributed by atoms with Crippen LogP contribution in [0.3, 0.4) is 0 Å². The van der Waals surface area contributed by atoms with E-state index >= 15 is 0 Å². The Morgan fingerprint density at radius 2 is 1.83 bits per heavy atom. The summed E-state index contributed by atoms with van der Waals surface area (Å²) < 4.78 is 28.9. The molecule has 29 heavy (non-hydrogen) atoms. The third kappa shape index (κ3) is 5.17. The molecule has 1 aliphatic rings. The van der Waals surface area contributed by atoms with E-state index in [2.05, 4.69) is 15.6 Å². The maximum absolute atomic E-state index is 14.8. The minimum absolute atomic E-state index is 0.178. The van der Waals surface area contributed by atoms with Gasteiger partial charge in [-0.1, -0.05) is 6.07 Å². The summed E-state index contributed by atoms with van der Waals surface area (Å²) in [6.07, 6.45) is 0.452. The zero-order valence-electron chi connectivity index (χ0n) is 15.8. The zero-order chi connectivity index (χ0) is 21.0. The zero-order valence-corrected chi connectivity index (χ0v) is 15.8. The molecule has 1 aromatic heterocycles. The van der Waals surface area contributed by atoms with Crippen molar-refractivity contribution < 1.29 is 23.5 Å². The van der Waals surface area contributed by atoms with E-state index in [-0.39, 0.29) is 12.1 Å².